The van der Waals surface area contributed by atoms with Crippen molar-refractivity contribution in [3.8, 4) is 0 Å². The summed E-state index contributed by atoms with van der Waals surface area (Å²) in [6.07, 6.45) is -0.133. The highest BCUT2D eigenvalue weighted by Gasteiger charge is 2.17. The molecule has 0 radical (unpaired) electrons. The van der Waals surface area contributed by atoms with Gasteiger partial charge in [-0.1, -0.05) is 12.1 Å². The number of amides is 3. The molecule has 0 heterocycles. The van der Waals surface area contributed by atoms with Crippen molar-refractivity contribution >= 4 is 23.6 Å². The molecule has 0 saturated carbocycles. The Morgan fingerprint density at radius 2 is 1.86 bits per heavy atom. The molecule has 0 aromatic heterocycles. The minimum Gasteiger partial charge on any atom is -0.481 e. The molecule has 0 fully saturated rings. The first-order valence-corrected chi connectivity index (χ1v) is 6.95. The zero-order valence-electron chi connectivity index (χ0n) is 12.9. The number of nitrogens with one attached hydrogen (secondary N) is 2. The number of aliphatic carboxylic acids is 1. The van der Waals surface area contributed by atoms with Gasteiger partial charge in [-0.15, -0.1) is 0 Å². The van der Waals surface area contributed by atoms with Gasteiger partial charge in [-0.05, 0) is 26.0 Å². The SMILES string of the molecule is CC(C)NC(=O)Nc1ccccc1C(=O)N(C)CCC(=O)O. The predicted octanol–water partition coefficient (Wildman–Crippen LogP) is 1.76. The zero-order valence-corrected chi connectivity index (χ0v) is 12.9. The van der Waals surface area contributed by atoms with Crippen molar-refractivity contribution < 1.29 is 19.5 Å². The third-order valence-electron chi connectivity index (χ3n) is 2.83. The molecule has 7 nitrogen and oxygen atoms in total. The van der Waals surface area contributed by atoms with E-state index < -0.39 is 12.0 Å². The van der Waals surface area contributed by atoms with Gasteiger partial charge in [-0.25, -0.2) is 4.79 Å². The molecule has 0 spiro atoms. The highest BCUT2D eigenvalue weighted by Crippen LogP contribution is 2.17. The second kappa shape index (κ2) is 8.02. The van der Waals surface area contributed by atoms with Crippen LogP contribution in [0.1, 0.15) is 30.6 Å². The average molecular weight is 307 g/mol. The van der Waals surface area contributed by atoms with Crippen molar-refractivity contribution in [2.24, 2.45) is 0 Å². The zero-order chi connectivity index (χ0) is 16.7. The van der Waals surface area contributed by atoms with Gasteiger partial charge in [0.1, 0.15) is 0 Å². The minimum absolute atomic E-state index is 0.0268. The highest BCUT2D eigenvalue weighted by atomic mass is 16.4. The van der Waals surface area contributed by atoms with Gasteiger partial charge in [-0.2, -0.15) is 0 Å². The van der Waals surface area contributed by atoms with E-state index in [9.17, 15) is 14.4 Å². The number of hydrogen-bond acceptors (Lipinski definition) is 3. The van der Waals surface area contributed by atoms with E-state index in [1.54, 1.807) is 24.3 Å². The minimum atomic E-state index is -0.970. The summed E-state index contributed by atoms with van der Waals surface area (Å²) in [5.41, 5.74) is 0.696. The predicted molar refractivity (Wildman–Crippen MR) is 82.9 cm³/mol. The van der Waals surface area contributed by atoms with E-state index in [0.717, 1.165) is 0 Å². The first kappa shape index (κ1) is 17.5. The summed E-state index contributed by atoms with van der Waals surface area (Å²) in [5, 5.41) is 14.0. The lowest BCUT2D eigenvalue weighted by atomic mass is 10.1. The molecule has 22 heavy (non-hydrogen) atoms. The second-order valence-corrected chi connectivity index (χ2v) is 5.17. The lowest BCUT2D eigenvalue weighted by molar-refractivity contribution is -0.137. The summed E-state index contributed by atoms with van der Waals surface area (Å²) < 4.78 is 0. The summed E-state index contributed by atoms with van der Waals surface area (Å²) in [4.78, 5) is 36.0. The van der Waals surface area contributed by atoms with Crippen LogP contribution in [0.25, 0.3) is 0 Å². The summed E-state index contributed by atoms with van der Waals surface area (Å²) in [7, 11) is 1.52. The fourth-order valence-corrected chi connectivity index (χ4v) is 1.77. The van der Waals surface area contributed by atoms with Crippen LogP contribution in [0.2, 0.25) is 0 Å². The smallest absolute Gasteiger partial charge is 0.319 e. The standard InChI is InChI=1S/C15H21N3O4/c1-10(2)16-15(22)17-12-7-5-4-6-11(12)14(21)18(3)9-8-13(19)20/h4-7,10H,8-9H2,1-3H3,(H,19,20)(H2,16,17,22). The van der Waals surface area contributed by atoms with Gasteiger partial charge in [-0.3, -0.25) is 9.59 Å². The maximum Gasteiger partial charge on any atom is 0.319 e. The summed E-state index contributed by atoms with van der Waals surface area (Å²) >= 11 is 0. The maximum atomic E-state index is 12.3. The van der Waals surface area contributed by atoms with Crippen molar-refractivity contribution in [1.82, 2.24) is 10.2 Å². The third kappa shape index (κ3) is 5.43. The van der Waals surface area contributed by atoms with E-state index >= 15 is 0 Å². The highest BCUT2D eigenvalue weighted by molar-refractivity contribution is 6.03. The van der Waals surface area contributed by atoms with E-state index in [1.807, 2.05) is 13.8 Å². The summed E-state index contributed by atoms with van der Waals surface area (Å²) in [6.45, 7) is 3.76. The van der Waals surface area contributed by atoms with E-state index in [4.69, 9.17) is 5.11 Å². The van der Waals surface area contributed by atoms with Crippen LogP contribution in [0.5, 0.6) is 0 Å². The quantitative estimate of drug-likeness (QED) is 0.745. The Morgan fingerprint density at radius 1 is 1.23 bits per heavy atom. The van der Waals surface area contributed by atoms with Crippen LogP contribution in [0.4, 0.5) is 10.5 Å². The lowest BCUT2D eigenvalue weighted by Gasteiger charge is -2.19. The van der Waals surface area contributed by atoms with Crippen LogP contribution in [0.15, 0.2) is 24.3 Å². The van der Waals surface area contributed by atoms with Crippen molar-refractivity contribution in [1.29, 1.82) is 0 Å². The Bertz CT molecular complexity index is 557. The molecular formula is C15H21N3O4. The Kier molecular flexibility index (Phi) is 6.37. The van der Waals surface area contributed by atoms with Crippen LogP contribution >= 0.6 is 0 Å². The normalized spacial score (nSPS) is 10.2. The number of para-hydroxylation sites is 1. The number of carbonyl (C=O) groups is 3. The summed E-state index contributed by atoms with van der Waals surface area (Å²) in [6, 6.07) is 6.18. The molecule has 0 unspecified atom stereocenters. The number of carboxylic acid groups (broad SMARTS) is 1. The number of anilines is 1. The van der Waals surface area contributed by atoms with Gasteiger partial charge in [0.2, 0.25) is 0 Å². The van der Waals surface area contributed by atoms with Crippen LogP contribution < -0.4 is 10.6 Å². The Balaban J connectivity index is 2.84. The van der Waals surface area contributed by atoms with Crippen LogP contribution in [-0.4, -0.2) is 47.5 Å². The van der Waals surface area contributed by atoms with E-state index in [1.165, 1.54) is 11.9 Å². The van der Waals surface area contributed by atoms with Crippen molar-refractivity contribution in [3.63, 3.8) is 0 Å². The lowest BCUT2D eigenvalue weighted by Crippen LogP contribution is -2.35. The largest absolute Gasteiger partial charge is 0.481 e. The van der Waals surface area contributed by atoms with Gasteiger partial charge < -0.3 is 20.6 Å². The molecule has 1 aromatic rings. The van der Waals surface area contributed by atoms with Gasteiger partial charge >= 0.3 is 12.0 Å². The number of carboxylic acids is 1. The molecule has 0 aliphatic rings. The van der Waals surface area contributed by atoms with Crippen LogP contribution in [0, 0.1) is 0 Å². The molecule has 120 valence electrons. The Hall–Kier alpha value is -2.57. The van der Waals surface area contributed by atoms with Gasteiger partial charge in [0.15, 0.2) is 0 Å². The molecule has 1 aromatic carbocycles. The van der Waals surface area contributed by atoms with E-state index in [-0.39, 0.29) is 24.9 Å². The molecule has 0 atom stereocenters. The van der Waals surface area contributed by atoms with E-state index in [2.05, 4.69) is 10.6 Å². The van der Waals surface area contributed by atoms with Gasteiger partial charge in [0.25, 0.3) is 5.91 Å². The molecule has 7 heteroatoms. The van der Waals surface area contributed by atoms with E-state index in [0.29, 0.717) is 11.3 Å². The second-order valence-electron chi connectivity index (χ2n) is 5.17. The molecule has 3 amide bonds. The molecule has 0 aliphatic heterocycles. The fourth-order valence-electron chi connectivity index (χ4n) is 1.77. The van der Waals surface area contributed by atoms with Gasteiger partial charge in [0.05, 0.1) is 17.7 Å². The van der Waals surface area contributed by atoms with Crippen molar-refractivity contribution in [2.75, 3.05) is 18.9 Å². The number of benzene rings is 1. The fraction of sp³-hybridized carbons (Fsp3) is 0.400. The van der Waals surface area contributed by atoms with Gasteiger partial charge in [0, 0.05) is 19.6 Å². The van der Waals surface area contributed by atoms with Crippen LogP contribution in [-0.2, 0) is 4.79 Å². The topological polar surface area (TPSA) is 98.7 Å². The van der Waals surface area contributed by atoms with Crippen molar-refractivity contribution in [2.45, 2.75) is 26.3 Å². The monoisotopic (exact) mass is 307 g/mol. The van der Waals surface area contributed by atoms with Crippen molar-refractivity contribution in [3.05, 3.63) is 29.8 Å². The summed E-state index contributed by atoms with van der Waals surface area (Å²) in [5.74, 6) is -1.32. The maximum absolute atomic E-state index is 12.3. The molecule has 3 N–H and O–H groups in total. The van der Waals surface area contributed by atoms with Crippen LogP contribution in [0.3, 0.4) is 0 Å². The molecule has 0 aliphatic carbocycles. The number of hydrogen-bond donors (Lipinski definition) is 3. The number of carbonyl (C=O) groups excluding carboxylic acids is 2. The Morgan fingerprint density at radius 3 is 2.45 bits per heavy atom. The molecule has 1 rings (SSSR count). The molecular weight excluding hydrogens is 286 g/mol. The molecule has 0 bridgehead atoms. The average Bonchev–Trinajstić information content (AvgIpc) is 2.43. The Labute approximate surface area is 129 Å². The number of urea groups is 1. The number of nitrogens with zero attached hydrogens (tertiary/aromatic N) is 1. The molecule has 0 saturated heterocycles. The first-order chi connectivity index (χ1) is 10.3. The number of rotatable bonds is 6. The third-order valence-corrected chi connectivity index (χ3v) is 2.83. The first-order valence-electron chi connectivity index (χ1n) is 6.95.